The Labute approximate surface area is 146 Å². The summed E-state index contributed by atoms with van der Waals surface area (Å²) in [4.78, 5) is 4.58. The molecule has 0 saturated carbocycles. The van der Waals surface area contributed by atoms with Crippen LogP contribution in [0.1, 0.15) is 35.8 Å². The van der Waals surface area contributed by atoms with Crippen molar-refractivity contribution < 1.29 is 10.2 Å². The van der Waals surface area contributed by atoms with E-state index in [1.165, 1.54) is 0 Å². The zero-order chi connectivity index (χ0) is 18.0. The van der Waals surface area contributed by atoms with Crippen LogP contribution in [0.2, 0.25) is 0 Å². The highest BCUT2D eigenvalue weighted by atomic mass is 16.3. The van der Waals surface area contributed by atoms with Crippen molar-refractivity contribution in [1.29, 1.82) is 0 Å². The second-order valence-corrected chi connectivity index (χ2v) is 5.92. The summed E-state index contributed by atoms with van der Waals surface area (Å²) in [6, 6.07) is 9.30. The number of aryl methyl sites for hydroxylation is 2. The van der Waals surface area contributed by atoms with Crippen molar-refractivity contribution in [3.05, 3.63) is 53.1 Å². The molecule has 1 atom stereocenters. The Bertz CT molecular complexity index is 854. The van der Waals surface area contributed by atoms with E-state index in [4.69, 9.17) is 0 Å². The van der Waals surface area contributed by atoms with Crippen molar-refractivity contribution in [2.75, 3.05) is 6.61 Å². The van der Waals surface area contributed by atoms with E-state index < -0.39 is 6.10 Å². The molecule has 0 radical (unpaired) electrons. The fourth-order valence-corrected chi connectivity index (χ4v) is 3.02. The molecule has 2 N–H and O–H groups in total. The minimum absolute atomic E-state index is 0.0583. The first-order chi connectivity index (χ1) is 12.1. The van der Waals surface area contributed by atoms with Gasteiger partial charge in [0.15, 0.2) is 11.6 Å². The fraction of sp³-hybridized carbons (Fsp3) is 0.389. The average molecular weight is 341 g/mol. The summed E-state index contributed by atoms with van der Waals surface area (Å²) in [5, 5.41) is 28.9. The SMILES string of the molecule is CCn1nc(C)c(-c2nc([C@H](O)c3ccccc3)nn2CCO)c1C. The molecule has 3 aromatic rings. The quantitative estimate of drug-likeness (QED) is 0.714. The lowest BCUT2D eigenvalue weighted by Crippen LogP contribution is -2.08. The lowest BCUT2D eigenvalue weighted by atomic mass is 10.1. The average Bonchev–Trinajstić information content (AvgIpc) is 3.15. The third kappa shape index (κ3) is 3.20. The topological polar surface area (TPSA) is 89.0 Å². The number of hydrogen-bond donors (Lipinski definition) is 2. The molecule has 2 heterocycles. The van der Waals surface area contributed by atoms with Crippen molar-refractivity contribution in [2.24, 2.45) is 0 Å². The summed E-state index contributed by atoms with van der Waals surface area (Å²) in [6.45, 7) is 6.97. The highest BCUT2D eigenvalue weighted by molar-refractivity contribution is 5.61. The molecule has 0 aliphatic carbocycles. The van der Waals surface area contributed by atoms with Crippen molar-refractivity contribution in [3.63, 3.8) is 0 Å². The van der Waals surface area contributed by atoms with E-state index in [1.54, 1.807) is 4.68 Å². The van der Waals surface area contributed by atoms with Crippen LogP contribution in [0.5, 0.6) is 0 Å². The molecule has 2 aromatic heterocycles. The molecule has 7 heteroatoms. The Morgan fingerprint density at radius 3 is 2.40 bits per heavy atom. The van der Waals surface area contributed by atoms with Crippen molar-refractivity contribution >= 4 is 0 Å². The van der Waals surface area contributed by atoms with Gasteiger partial charge in [-0.15, -0.1) is 0 Å². The van der Waals surface area contributed by atoms with Gasteiger partial charge >= 0.3 is 0 Å². The van der Waals surface area contributed by atoms with Gasteiger partial charge in [0.25, 0.3) is 0 Å². The van der Waals surface area contributed by atoms with Gasteiger partial charge in [-0.1, -0.05) is 30.3 Å². The van der Waals surface area contributed by atoms with E-state index >= 15 is 0 Å². The summed E-state index contributed by atoms with van der Waals surface area (Å²) < 4.78 is 3.55. The van der Waals surface area contributed by atoms with Gasteiger partial charge in [0, 0.05) is 12.2 Å². The van der Waals surface area contributed by atoms with Gasteiger partial charge in [-0.2, -0.15) is 10.2 Å². The molecule has 25 heavy (non-hydrogen) atoms. The summed E-state index contributed by atoms with van der Waals surface area (Å²) in [6.07, 6.45) is -0.915. The third-order valence-electron chi connectivity index (χ3n) is 4.26. The molecule has 0 unspecified atom stereocenters. The molecule has 0 aliphatic rings. The molecule has 0 fully saturated rings. The van der Waals surface area contributed by atoms with Crippen LogP contribution < -0.4 is 0 Å². The molecule has 1 aromatic carbocycles. The predicted octanol–water partition coefficient (Wildman–Crippen LogP) is 1.85. The molecule has 0 spiro atoms. The standard InChI is InChI=1S/C18H23N5O2/c1-4-22-13(3)15(12(2)20-22)18-19-17(21-23(18)10-11-24)16(25)14-8-6-5-7-9-14/h5-9,16,24-25H,4,10-11H2,1-3H3/t16-/m1/s1. The van der Waals surface area contributed by atoms with Gasteiger partial charge < -0.3 is 10.2 Å². The predicted molar refractivity (Wildman–Crippen MR) is 94.0 cm³/mol. The summed E-state index contributed by atoms with van der Waals surface area (Å²) >= 11 is 0. The second-order valence-electron chi connectivity index (χ2n) is 5.92. The van der Waals surface area contributed by atoms with Crippen LogP contribution >= 0.6 is 0 Å². The fourth-order valence-electron chi connectivity index (χ4n) is 3.02. The molecule has 0 saturated heterocycles. The van der Waals surface area contributed by atoms with E-state index in [0.29, 0.717) is 18.2 Å². The highest BCUT2D eigenvalue weighted by Gasteiger charge is 2.23. The van der Waals surface area contributed by atoms with Gasteiger partial charge in [0.2, 0.25) is 0 Å². The Morgan fingerprint density at radius 2 is 1.80 bits per heavy atom. The number of aliphatic hydroxyl groups excluding tert-OH is 2. The lowest BCUT2D eigenvalue weighted by molar-refractivity contribution is 0.208. The summed E-state index contributed by atoms with van der Waals surface area (Å²) in [7, 11) is 0. The second kappa shape index (κ2) is 7.16. The van der Waals surface area contributed by atoms with E-state index in [1.807, 2.05) is 55.8 Å². The van der Waals surface area contributed by atoms with Crippen LogP contribution in [0.25, 0.3) is 11.4 Å². The van der Waals surface area contributed by atoms with Gasteiger partial charge in [-0.05, 0) is 26.3 Å². The number of rotatable bonds is 6. The first-order valence-corrected chi connectivity index (χ1v) is 8.39. The maximum atomic E-state index is 10.6. The van der Waals surface area contributed by atoms with Crippen molar-refractivity contribution in [1.82, 2.24) is 24.5 Å². The Hall–Kier alpha value is -2.51. The van der Waals surface area contributed by atoms with Crippen LogP contribution in [-0.4, -0.2) is 41.4 Å². The summed E-state index contributed by atoms with van der Waals surface area (Å²) in [5.41, 5.74) is 3.47. The van der Waals surface area contributed by atoms with Crippen LogP contribution in [0.3, 0.4) is 0 Å². The number of benzene rings is 1. The smallest absolute Gasteiger partial charge is 0.184 e. The zero-order valence-corrected chi connectivity index (χ0v) is 14.7. The maximum absolute atomic E-state index is 10.6. The number of aliphatic hydroxyl groups is 2. The van der Waals surface area contributed by atoms with Crippen molar-refractivity contribution in [3.8, 4) is 11.4 Å². The maximum Gasteiger partial charge on any atom is 0.184 e. The normalized spacial score (nSPS) is 12.5. The molecule has 0 amide bonds. The van der Waals surface area contributed by atoms with E-state index in [0.717, 1.165) is 29.1 Å². The Kier molecular flexibility index (Phi) is 4.96. The van der Waals surface area contributed by atoms with E-state index in [-0.39, 0.29) is 6.61 Å². The highest BCUT2D eigenvalue weighted by Crippen LogP contribution is 2.28. The largest absolute Gasteiger partial charge is 0.394 e. The minimum atomic E-state index is -0.915. The monoisotopic (exact) mass is 341 g/mol. The molecule has 0 bridgehead atoms. The first kappa shape index (κ1) is 17.3. The van der Waals surface area contributed by atoms with Gasteiger partial charge in [-0.3, -0.25) is 4.68 Å². The Balaban J connectivity index is 2.08. The number of hydrogen-bond acceptors (Lipinski definition) is 5. The van der Waals surface area contributed by atoms with Crippen LogP contribution in [-0.2, 0) is 13.1 Å². The lowest BCUT2D eigenvalue weighted by Gasteiger charge is -2.05. The molecule has 0 aliphatic heterocycles. The van der Waals surface area contributed by atoms with Gasteiger partial charge in [0.05, 0.1) is 24.4 Å². The zero-order valence-electron chi connectivity index (χ0n) is 14.7. The van der Waals surface area contributed by atoms with Crippen LogP contribution in [0.15, 0.2) is 30.3 Å². The van der Waals surface area contributed by atoms with E-state index in [2.05, 4.69) is 15.2 Å². The van der Waals surface area contributed by atoms with Crippen LogP contribution in [0, 0.1) is 13.8 Å². The summed E-state index contributed by atoms with van der Waals surface area (Å²) in [5.74, 6) is 0.937. The number of aromatic nitrogens is 5. The van der Waals surface area contributed by atoms with E-state index in [9.17, 15) is 10.2 Å². The molecule has 3 rings (SSSR count). The first-order valence-electron chi connectivity index (χ1n) is 8.39. The third-order valence-corrected chi connectivity index (χ3v) is 4.26. The van der Waals surface area contributed by atoms with Crippen molar-refractivity contribution in [2.45, 2.75) is 40.0 Å². The minimum Gasteiger partial charge on any atom is -0.394 e. The van der Waals surface area contributed by atoms with Gasteiger partial charge in [-0.25, -0.2) is 9.67 Å². The Morgan fingerprint density at radius 1 is 1.08 bits per heavy atom. The molecule has 7 nitrogen and oxygen atoms in total. The number of nitrogens with zero attached hydrogens (tertiary/aromatic N) is 5. The molecule has 132 valence electrons. The van der Waals surface area contributed by atoms with Gasteiger partial charge in [0.1, 0.15) is 6.10 Å². The molecular formula is C18H23N5O2. The van der Waals surface area contributed by atoms with Crippen LogP contribution in [0.4, 0.5) is 0 Å². The molecular weight excluding hydrogens is 318 g/mol.